The molecule has 0 saturated heterocycles. The summed E-state index contributed by atoms with van der Waals surface area (Å²) < 4.78 is 15.6. The molecule has 1 saturated carbocycles. The van der Waals surface area contributed by atoms with Gasteiger partial charge in [-0.3, -0.25) is 4.68 Å². The lowest BCUT2D eigenvalue weighted by Gasteiger charge is -2.21. The maximum atomic E-state index is 13.5. The van der Waals surface area contributed by atoms with Crippen LogP contribution >= 0.6 is 0 Å². The minimum atomic E-state index is -0.155. The third kappa shape index (κ3) is 3.70. The van der Waals surface area contributed by atoms with Crippen molar-refractivity contribution >= 4 is 0 Å². The van der Waals surface area contributed by atoms with Gasteiger partial charge in [-0.1, -0.05) is 37.5 Å². The quantitative estimate of drug-likeness (QED) is 0.906. The molecule has 0 atom stereocenters. The predicted octanol–water partition coefficient (Wildman–Crippen LogP) is 3.82. The van der Waals surface area contributed by atoms with E-state index in [9.17, 15) is 4.39 Å². The summed E-state index contributed by atoms with van der Waals surface area (Å²) in [7, 11) is 0. The van der Waals surface area contributed by atoms with Crippen molar-refractivity contribution in [3.8, 4) is 0 Å². The Labute approximate surface area is 125 Å². The molecule has 0 bridgehead atoms. The lowest BCUT2D eigenvalue weighted by molar-refractivity contribution is 0.327. The zero-order valence-corrected chi connectivity index (χ0v) is 12.3. The first-order chi connectivity index (χ1) is 10.3. The minimum absolute atomic E-state index is 0.155. The Kier molecular flexibility index (Phi) is 4.65. The molecule has 3 rings (SSSR count). The molecule has 1 aliphatic carbocycles. The molecule has 0 spiro atoms. The van der Waals surface area contributed by atoms with Gasteiger partial charge in [0.2, 0.25) is 0 Å². The summed E-state index contributed by atoms with van der Waals surface area (Å²) in [6, 6.07) is 9.50. The monoisotopic (exact) mass is 287 g/mol. The molecule has 1 aromatic carbocycles. The van der Waals surface area contributed by atoms with Crippen LogP contribution in [0.2, 0.25) is 0 Å². The lowest BCUT2D eigenvalue weighted by atomic mass is 9.96. The highest BCUT2D eigenvalue weighted by atomic mass is 19.1. The maximum Gasteiger partial charge on any atom is 0.127 e. The zero-order chi connectivity index (χ0) is 14.5. The van der Waals surface area contributed by atoms with Crippen LogP contribution in [-0.4, -0.2) is 9.78 Å². The molecular weight excluding hydrogens is 265 g/mol. The first-order valence-corrected chi connectivity index (χ1v) is 7.81. The molecule has 21 heavy (non-hydrogen) atoms. The average Bonchev–Trinajstić information content (AvgIpc) is 2.99. The highest BCUT2D eigenvalue weighted by molar-refractivity contribution is 5.17. The van der Waals surface area contributed by atoms with Gasteiger partial charge in [0.15, 0.2) is 0 Å². The molecule has 0 radical (unpaired) electrons. The van der Waals surface area contributed by atoms with Crippen molar-refractivity contribution in [3.05, 3.63) is 53.6 Å². The fraction of sp³-hybridized carbons (Fsp3) is 0.471. The number of hydrogen-bond acceptors (Lipinski definition) is 2. The van der Waals surface area contributed by atoms with Gasteiger partial charge >= 0.3 is 0 Å². The molecule has 112 valence electrons. The molecule has 1 aliphatic rings. The summed E-state index contributed by atoms with van der Waals surface area (Å²) in [6.45, 7) is 1.21. The van der Waals surface area contributed by atoms with Gasteiger partial charge in [0.1, 0.15) is 5.82 Å². The molecule has 2 aromatic rings. The summed E-state index contributed by atoms with van der Waals surface area (Å²) in [6.07, 6.45) is 8.54. The third-order valence-electron chi connectivity index (χ3n) is 4.19. The SMILES string of the molecule is Fc1ccccc1CNCc1ccn(C2CCCCC2)n1. The first kappa shape index (κ1) is 14.3. The van der Waals surface area contributed by atoms with Crippen LogP contribution in [0.1, 0.15) is 49.4 Å². The van der Waals surface area contributed by atoms with Crippen molar-refractivity contribution in [2.24, 2.45) is 0 Å². The van der Waals surface area contributed by atoms with E-state index in [4.69, 9.17) is 0 Å². The van der Waals surface area contributed by atoms with Gasteiger partial charge in [-0.2, -0.15) is 5.10 Å². The van der Waals surface area contributed by atoms with Crippen molar-refractivity contribution in [2.75, 3.05) is 0 Å². The predicted molar refractivity (Wildman–Crippen MR) is 81.3 cm³/mol. The fourth-order valence-electron chi connectivity index (χ4n) is 2.99. The maximum absolute atomic E-state index is 13.5. The number of aromatic nitrogens is 2. The Morgan fingerprint density at radius 2 is 1.90 bits per heavy atom. The Morgan fingerprint density at radius 3 is 2.71 bits per heavy atom. The smallest absolute Gasteiger partial charge is 0.127 e. The number of nitrogens with zero attached hydrogens (tertiary/aromatic N) is 2. The molecule has 4 heteroatoms. The van der Waals surface area contributed by atoms with E-state index in [0.717, 1.165) is 5.69 Å². The van der Waals surface area contributed by atoms with E-state index in [2.05, 4.69) is 27.4 Å². The van der Waals surface area contributed by atoms with E-state index in [1.807, 2.05) is 12.1 Å². The molecule has 0 amide bonds. The first-order valence-electron chi connectivity index (χ1n) is 7.81. The van der Waals surface area contributed by atoms with Crippen LogP contribution in [0.25, 0.3) is 0 Å². The Morgan fingerprint density at radius 1 is 1.10 bits per heavy atom. The zero-order valence-electron chi connectivity index (χ0n) is 12.3. The largest absolute Gasteiger partial charge is 0.307 e. The van der Waals surface area contributed by atoms with Gasteiger partial charge in [0, 0.05) is 24.8 Å². The van der Waals surface area contributed by atoms with Crippen molar-refractivity contribution in [3.63, 3.8) is 0 Å². The fourth-order valence-corrected chi connectivity index (χ4v) is 2.99. The van der Waals surface area contributed by atoms with E-state index in [1.165, 1.54) is 38.2 Å². The van der Waals surface area contributed by atoms with Crippen LogP contribution in [0, 0.1) is 5.82 Å². The summed E-state index contributed by atoms with van der Waals surface area (Å²) >= 11 is 0. The van der Waals surface area contributed by atoms with Crippen molar-refractivity contribution in [1.82, 2.24) is 15.1 Å². The molecule has 1 heterocycles. The normalized spacial score (nSPS) is 16.2. The Balaban J connectivity index is 1.52. The summed E-state index contributed by atoms with van der Waals surface area (Å²) in [5.74, 6) is -0.155. The van der Waals surface area contributed by atoms with Crippen LogP contribution in [0.15, 0.2) is 36.5 Å². The van der Waals surface area contributed by atoms with Crippen LogP contribution in [-0.2, 0) is 13.1 Å². The number of nitrogens with one attached hydrogen (secondary N) is 1. The number of rotatable bonds is 5. The summed E-state index contributed by atoms with van der Waals surface area (Å²) in [5, 5.41) is 7.91. The van der Waals surface area contributed by atoms with Gasteiger partial charge in [-0.05, 0) is 25.0 Å². The second kappa shape index (κ2) is 6.85. The Bertz CT molecular complexity index is 573. The second-order valence-electron chi connectivity index (χ2n) is 5.77. The van der Waals surface area contributed by atoms with Crippen LogP contribution in [0.5, 0.6) is 0 Å². The van der Waals surface area contributed by atoms with E-state index < -0.39 is 0 Å². The topological polar surface area (TPSA) is 29.9 Å². The minimum Gasteiger partial charge on any atom is -0.307 e. The average molecular weight is 287 g/mol. The van der Waals surface area contributed by atoms with Crippen molar-refractivity contribution in [1.29, 1.82) is 0 Å². The number of hydrogen-bond donors (Lipinski definition) is 1. The van der Waals surface area contributed by atoms with E-state index in [1.54, 1.807) is 6.07 Å². The van der Waals surface area contributed by atoms with Crippen molar-refractivity contribution < 1.29 is 4.39 Å². The van der Waals surface area contributed by atoms with Crippen LogP contribution in [0.3, 0.4) is 0 Å². The molecule has 0 aliphatic heterocycles. The number of halogens is 1. The highest BCUT2D eigenvalue weighted by Crippen LogP contribution is 2.27. The molecule has 1 N–H and O–H groups in total. The van der Waals surface area contributed by atoms with Gasteiger partial charge in [-0.15, -0.1) is 0 Å². The van der Waals surface area contributed by atoms with E-state index >= 15 is 0 Å². The van der Waals surface area contributed by atoms with Crippen LogP contribution < -0.4 is 5.32 Å². The Hall–Kier alpha value is -1.68. The second-order valence-corrected chi connectivity index (χ2v) is 5.77. The molecule has 1 aromatic heterocycles. The van der Waals surface area contributed by atoms with E-state index in [0.29, 0.717) is 24.7 Å². The lowest BCUT2D eigenvalue weighted by Crippen LogP contribution is -2.16. The van der Waals surface area contributed by atoms with Gasteiger partial charge in [-0.25, -0.2) is 4.39 Å². The van der Waals surface area contributed by atoms with Gasteiger partial charge in [0.05, 0.1) is 11.7 Å². The molecular formula is C17H22FN3. The van der Waals surface area contributed by atoms with Crippen molar-refractivity contribution in [2.45, 2.75) is 51.2 Å². The molecule has 1 fully saturated rings. The van der Waals surface area contributed by atoms with Gasteiger partial charge in [0.25, 0.3) is 0 Å². The summed E-state index contributed by atoms with van der Waals surface area (Å²) in [4.78, 5) is 0. The molecule has 3 nitrogen and oxygen atoms in total. The number of benzene rings is 1. The highest BCUT2D eigenvalue weighted by Gasteiger charge is 2.15. The summed E-state index contributed by atoms with van der Waals surface area (Å²) in [5.41, 5.74) is 1.72. The standard InChI is InChI=1S/C17H22FN3/c18-17-9-5-4-6-14(17)12-19-13-15-10-11-21(20-15)16-7-2-1-3-8-16/h4-6,9-11,16,19H,1-3,7-8,12-13H2. The van der Waals surface area contributed by atoms with Crippen LogP contribution in [0.4, 0.5) is 4.39 Å². The molecule has 0 unspecified atom stereocenters. The van der Waals surface area contributed by atoms with E-state index in [-0.39, 0.29) is 5.82 Å². The third-order valence-corrected chi connectivity index (χ3v) is 4.19. The van der Waals surface area contributed by atoms with Gasteiger partial charge < -0.3 is 5.32 Å².